The molecule has 3 N–H and O–H groups in total. The van der Waals surface area contributed by atoms with E-state index in [1.54, 1.807) is 30.3 Å². The summed E-state index contributed by atoms with van der Waals surface area (Å²) in [7, 11) is 0. The van der Waals surface area contributed by atoms with E-state index in [1.807, 2.05) is 17.9 Å². The van der Waals surface area contributed by atoms with E-state index in [0.29, 0.717) is 28.4 Å². The zero-order chi connectivity index (χ0) is 24.2. The molecule has 0 radical (unpaired) electrons. The maximum absolute atomic E-state index is 12.9. The standard InChI is InChI=1S/C25H33ClN6O2/c1-3-20-16-31(23-9-8-22(24(33)29-27)28-17(23)2)14-15-32(20)21-10-12-30(13-11-21)25(34)18-4-6-19(26)7-5-18/h4-9,20-21H,3,10-16,27H2,1-2H3,(H,29,33)/t20-/m0/s1. The lowest BCUT2D eigenvalue weighted by molar-refractivity contribution is 0.0491. The van der Waals surface area contributed by atoms with Crippen LogP contribution in [0.1, 0.15) is 52.7 Å². The number of nitrogens with two attached hydrogens (primary N) is 1. The second kappa shape index (κ2) is 10.7. The molecule has 0 unspecified atom stereocenters. The van der Waals surface area contributed by atoms with Crippen LogP contribution in [0.3, 0.4) is 0 Å². The fraction of sp³-hybridized carbons (Fsp3) is 0.480. The zero-order valence-electron chi connectivity index (χ0n) is 19.8. The quantitative estimate of drug-likeness (QED) is 0.385. The Hall–Kier alpha value is -2.68. The number of hydrazine groups is 1. The Morgan fingerprint density at radius 3 is 2.41 bits per heavy atom. The number of nitrogens with one attached hydrogen (secondary N) is 1. The molecule has 0 bridgehead atoms. The number of nitrogens with zero attached hydrogens (tertiary/aromatic N) is 4. The van der Waals surface area contributed by atoms with Gasteiger partial charge in [0.15, 0.2) is 0 Å². The van der Waals surface area contributed by atoms with Crippen molar-refractivity contribution in [3.63, 3.8) is 0 Å². The van der Waals surface area contributed by atoms with Gasteiger partial charge in [0.05, 0.1) is 11.4 Å². The number of nitrogen functional groups attached to an aromatic ring is 1. The number of carbonyl (C=O) groups excluding carboxylic acids is 2. The summed E-state index contributed by atoms with van der Waals surface area (Å²) in [6, 6.07) is 11.8. The summed E-state index contributed by atoms with van der Waals surface area (Å²) in [5, 5.41) is 0.642. The van der Waals surface area contributed by atoms with E-state index in [-0.39, 0.29) is 11.8 Å². The van der Waals surface area contributed by atoms with Gasteiger partial charge in [-0.2, -0.15) is 0 Å². The van der Waals surface area contributed by atoms with Crippen molar-refractivity contribution in [2.75, 3.05) is 37.6 Å². The molecule has 2 saturated heterocycles. The molecule has 0 aliphatic carbocycles. The third-order valence-corrected chi connectivity index (χ3v) is 7.33. The summed E-state index contributed by atoms with van der Waals surface area (Å²) in [5.41, 5.74) is 5.06. The van der Waals surface area contributed by atoms with Crippen molar-refractivity contribution in [3.05, 3.63) is 58.4 Å². The van der Waals surface area contributed by atoms with Crippen LogP contribution in [-0.4, -0.2) is 71.4 Å². The molecule has 0 spiro atoms. The summed E-state index contributed by atoms with van der Waals surface area (Å²) in [5.74, 6) is 4.94. The van der Waals surface area contributed by atoms with Gasteiger partial charge in [0.2, 0.25) is 0 Å². The largest absolute Gasteiger partial charge is 0.367 e. The molecule has 2 amide bonds. The van der Waals surface area contributed by atoms with Gasteiger partial charge in [-0.15, -0.1) is 0 Å². The number of hydrogen-bond donors (Lipinski definition) is 2. The fourth-order valence-electron chi connectivity index (χ4n) is 5.20. The van der Waals surface area contributed by atoms with Gasteiger partial charge in [-0.1, -0.05) is 18.5 Å². The van der Waals surface area contributed by atoms with Crippen LogP contribution < -0.4 is 16.2 Å². The summed E-state index contributed by atoms with van der Waals surface area (Å²) < 4.78 is 0. The molecule has 1 aromatic carbocycles. The van der Waals surface area contributed by atoms with Gasteiger partial charge in [-0.25, -0.2) is 10.8 Å². The number of rotatable bonds is 5. The van der Waals surface area contributed by atoms with Crippen molar-refractivity contribution in [1.82, 2.24) is 20.2 Å². The molecule has 9 heteroatoms. The van der Waals surface area contributed by atoms with Gasteiger partial charge in [0.25, 0.3) is 11.8 Å². The summed E-state index contributed by atoms with van der Waals surface area (Å²) in [6.07, 6.45) is 3.03. The predicted molar refractivity (Wildman–Crippen MR) is 134 cm³/mol. The van der Waals surface area contributed by atoms with Crippen molar-refractivity contribution >= 4 is 29.1 Å². The number of likely N-dealkylation sites (tertiary alicyclic amines) is 1. The number of pyridine rings is 1. The number of halogens is 1. The van der Waals surface area contributed by atoms with Crippen molar-refractivity contribution in [1.29, 1.82) is 0 Å². The number of piperazine rings is 1. The van der Waals surface area contributed by atoms with Gasteiger partial charge in [0, 0.05) is 55.4 Å². The molecule has 0 saturated carbocycles. The number of aromatic nitrogens is 1. The van der Waals surface area contributed by atoms with Gasteiger partial charge in [0.1, 0.15) is 5.69 Å². The van der Waals surface area contributed by atoms with Gasteiger partial charge in [-0.3, -0.25) is 19.9 Å². The SMILES string of the molecule is CC[C@H]1CN(c2ccc(C(=O)NN)nc2C)CCN1C1CCN(C(=O)c2ccc(Cl)cc2)CC1. The predicted octanol–water partition coefficient (Wildman–Crippen LogP) is 2.85. The zero-order valence-corrected chi connectivity index (χ0v) is 20.6. The highest BCUT2D eigenvalue weighted by Gasteiger charge is 2.34. The molecule has 8 nitrogen and oxygen atoms in total. The van der Waals surface area contributed by atoms with E-state index in [4.69, 9.17) is 17.4 Å². The third-order valence-electron chi connectivity index (χ3n) is 7.07. The van der Waals surface area contributed by atoms with Crippen LogP contribution in [0.4, 0.5) is 5.69 Å². The maximum atomic E-state index is 12.9. The summed E-state index contributed by atoms with van der Waals surface area (Å²) in [6.45, 7) is 8.52. The summed E-state index contributed by atoms with van der Waals surface area (Å²) in [4.78, 5) is 36.1. The van der Waals surface area contributed by atoms with Crippen LogP contribution in [0.2, 0.25) is 5.02 Å². The monoisotopic (exact) mass is 484 g/mol. The number of hydrogen-bond acceptors (Lipinski definition) is 6. The Bertz CT molecular complexity index is 1020. The smallest absolute Gasteiger partial charge is 0.283 e. The van der Waals surface area contributed by atoms with Crippen molar-refractivity contribution in [3.8, 4) is 0 Å². The van der Waals surface area contributed by atoms with E-state index in [9.17, 15) is 9.59 Å². The second-order valence-electron chi connectivity index (χ2n) is 9.05. The lowest BCUT2D eigenvalue weighted by Crippen LogP contribution is -2.58. The topological polar surface area (TPSA) is 94.8 Å². The number of piperidine rings is 1. The molecule has 3 heterocycles. The average molecular weight is 485 g/mol. The minimum Gasteiger partial charge on any atom is -0.367 e. The average Bonchev–Trinajstić information content (AvgIpc) is 2.88. The number of carbonyl (C=O) groups is 2. The molecule has 2 fully saturated rings. The Kier molecular flexibility index (Phi) is 7.70. The van der Waals surface area contributed by atoms with Gasteiger partial charge >= 0.3 is 0 Å². The van der Waals surface area contributed by atoms with E-state index in [1.165, 1.54) is 0 Å². The third kappa shape index (κ3) is 5.19. The second-order valence-corrected chi connectivity index (χ2v) is 9.49. The van der Waals surface area contributed by atoms with Crippen molar-refractivity contribution in [2.45, 2.75) is 45.2 Å². The first-order valence-corrected chi connectivity index (χ1v) is 12.3. The Morgan fingerprint density at radius 2 is 1.79 bits per heavy atom. The van der Waals surface area contributed by atoms with Gasteiger partial charge < -0.3 is 9.80 Å². The van der Waals surface area contributed by atoms with E-state index < -0.39 is 0 Å². The van der Waals surface area contributed by atoms with Crippen LogP contribution in [0.5, 0.6) is 0 Å². The van der Waals surface area contributed by atoms with E-state index >= 15 is 0 Å². The first-order chi connectivity index (χ1) is 16.4. The highest BCUT2D eigenvalue weighted by atomic mass is 35.5. The molecule has 2 aliphatic heterocycles. The molecular weight excluding hydrogens is 452 g/mol. The number of aryl methyl sites for hydroxylation is 1. The molecule has 2 aromatic rings. The molecule has 34 heavy (non-hydrogen) atoms. The van der Waals surface area contributed by atoms with E-state index in [2.05, 4.69) is 27.1 Å². The minimum absolute atomic E-state index is 0.0849. The number of amides is 2. The van der Waals surface area contributed by atoms with Crippen LogP contribution >= 0.6 is 11.6 Å². The van der Waals surface area contributed by atoms with Crippen LogP contribution in [0.15, 0.2) is 36.4 Å². The molecule has 1 aromatic heterocycles. The minimum atomic E-state index is -0.383. The maximum Gasteiger partial charge on any atom is 0.283 e. The lowest BCUT2D eigenvalue weighted by atomic mass is 9.97. The number of benzene rings is 1. The van der Waals surface area contributed by atoms with Crippen molar-refractivity contribution in [2.24, 2.45) is 5.84 Å². The Morgan fingerprint density at radius 1 is 1.09 bits per heavy atom. The van der Waals surface area contributed by atoms with E-state index in [0.717, 1.165) is 63.4 Å². The Labute approximate surface area is 206 Å². The van der Waals surface area contributed by atoms with Crippen LogP contribution in [-0.2, 0) is 0 Å². The van der Waals surface area contributed by atoms with Crippen LogP contribution in [0, 0.1) is 6.92 Å². The molecule has 1 atom stereocenters. The molecule has 2 aliphatic rings. The Balaban J connectivity index is 1.36. The first kappa shape index (κ1) is 24.4. The van der Waals surface area contributed by atoms with Crippen LogP contribution in [0.25, 0.3) is 0 Å². The highest BCUT2D eigenvalue weighted by molar-refractivity contribution is 6.30. The molecular formula is C25H33ClN6O2. The molecule has 182 valence electrons. The summed E-state index contributed by atoms with van der Waals surface area (Å²) >= 11 is 5.96. The van der Waals surface area contributed by atoms with Gasteiger partial charge in [-0.05, 0) is 62.6 Å². The highest BCUT2D eigenvalue weighted by Crippen LogP contribution is 2.28. The lowest BCUT2D eigenvalue weighted by Gasteiger charge is -2.48. The molecule has 4 rings (SSSR count). The van der Waals surface area contributed by atoms with Crippen molar-refractivity contribution < 1.29 is 9.59 Å². The fourth-order valence-corrected chi connectivity index (χ4v) is 5.32. The number of anilines is 1. The first-order valence-electron chi connectivity index (χ1n) is 12.0. The normalized spacial score (nSPS) is 19.8.